The second-order valence-electron chi connectivity index (χ2n) is 5.98. The zero-order chi connectivity index (χ0) is 19.8. The molecule has 0 spiro atoms. The number of rotatable bonds is 4. The summed E-state index contributed by atoms with van der Waals surface area (Å²) in [5.41, 5.74) is 2.38. The number of hydrogen-bond acceptors (Lipinski definition) is 4. The van der Waals surface area contributed by atoms with E-state index in [9.17, 15) is 8.42 Å². The van der Waals surface area contributed by atoms with E-state index in [2.05, 4.69) is 4.99 Å². The van der Waals surface area contributed by atoms with E-state index in [1.165, 1.54) is 25.4 Å². The first-order chi connectivity index (χ1) is 12.7. The number of halogens is 2. The molecule has 0 aliphatic heterocycles. The van der Waals surface area contributed by atoms with E-state index in [-0.39, 0.29) is 9.92 Å². The van der Waals surface area contributed by atoms with Crippen molar-refractivity contribution in [2.75, 3.05) is 14.1 Å². The Balaban J connectivity index is 2.09. The molecule has 0 N–H and O–H groups in total. The van der Waals surface area contributed by atoms with E-state index in [1.807, 2.05) is 29.1 Å². The predicted octanol–water partition coefficient (Wildman–Crippen LogP) is 4.54. The lowest BCUT2D eigenvalue weighted by atomic mass is 10.2. The molecule has 0 radical (unpaired) electrons. The Morgan fingerprint density at radius 1 is 1.07 bits per heavy atom. The van der Waals surface area contributed by atoms with Crippen LogP contribution in [0, 0.1) is 0 Å². The largest absolute Gasteiger partial charge is 0.320 e. The Hall–Kier alpha value is -1.64. The van der Waals surface area contributed by atoms with Crippen molar-refractivity contribution in [2.24, 2.45) is 12.0 Å². The van der Waals surface area contributed by atoms with Gasteiger partial charge in [0, 0.05) is 37.1 Å². The van der Waals surface area contributed by atoms with Gasteiger partial charge in [0.2, 0.25) is 10.0 Å². The Morgan fingerprint density at radius 2 is 1.74 bits per heavy atom. The predicted molar refractivity (Wildman–Crippen MR) is 111 cm³/mol. The van der Waals surface area contributed by atoms with Gasteiger partial charge in [-0.25, -0.2) is 17.7 Å². The van der Waals surface area contributed by atoms with Crippen LogP contribution in [0.3, 0.4) is 0 Å². The molecule has 5 nitrogen and oxygen atoms in total. The third-order valence-corrected chi connectivity index (χ3v) is 7.43. The van der Waals surface area contributed by atoms with Crippen molar-refractivity contribution in [3.63, 3.8) is 0 Å². The second-order valence-corrected chi connectivity index (χ2v) is 9.78. The van der Waals surface area contributed by atoms with Crippen LogP contribution in [0.25, 0.3) is 11.3 Å². The summed E-state index contributed by atoms with van der Waals surface area (Å²) in [5, 5.41) is 2.78. The molecule has 27 heavy (non-hydrogen) atoms. The quantitative estimate of drug-likeness (QED) is 0.596. The fraction of sp³-hybridized carbons (Fsp3) is 0.167. The van der Waals surface area contributed by atoms with Gasteiger partial charge in [-0.3, -0.25) is 0 Å². The van der Waals surface area contributed by atoms with Gasteiger partial charge in [-0.15, -0.1) is 11.3 Å². The van der Waals surface area contributed by atoms with Gasteiger partial charge in [-0.1, -0.05) is 29.3 Å². The van der Waals surface area contributed by atoms with E-state index < -0.39 is 10.0 Å². The van der Waals surface area contributed by atoms with E-state index in [4.69, 9.17) is 23.2 Å². The van der Waals surface area contributed by atoms with Crippen LogP contribution in [-0.2, 0) is 17.1 Å². The first kappa shape index (κ1) is 20.1. The number of benzene rings is 2. The van der Waals surface area contributed by atoms with Crippen LogP contribution in [-0.4, -0.2) is 31.4 Å². The van der Waals surface area contributed by atoms with Crippen molar-refractivity contribution in [2.45, 2.75) is 4.90 Å². The normalized spacial score (nSPS) is 12.7. The maximum absolute atomic E-state index is 12.5. The molecular weight excluding hydrogens is 425 g/mol. The topological polar surface area (TPSA) is 54.7 Å². The first-order valence-corrected chi connectivity index (χ1v) is 10.9. The average molecular weight is 442 g/mol. The van der Waals surface area contributed by atoms with Crippen LogP contribution < -0.4 is 4.80 Å². The standard InChI is InChI=1S/C18H17Cl2N3O2S2/c1-22(2)27(24,25)17-10-12(4-9-15(17)20)16-11-26-18(23(16)3)21-14-7-5-13(19)6-8-14/h4-11H,1-3H3. The smallest absolute Gasteiger partial charge is 0.244 e. The van der Waals surface area contributed by atoms with Gasteiger partial charge in [0.15, 0.2) is 4.80 Å². The number of nitrogens with zero attached hydrogens (tertiary/aromatic N) is 3. The monoisotopic (exact) mass is 441 g/mol. The van der Waals surface area contributed by atoms with E-state index in [1.54, 1.807) is 30.3 Å². The molecule has 3 rings (SSSR count). The van der Waals surface area contributed by atoms with Crippen molar-refractivity contribution in [1.29, 1.82) is 0 Å². The summed E-state index contributed by atoms with van der Waals surface area (Å²) in [5.74, 6) is 0. The third-order valence-electron chi connectivity index (χ3n) is 3.96. The summed E-state index contributed by atoms with van der Waals surface area (Å²) in [6.07, 6.45) is 0. The Bertz CT molecular complexity index is 1150. The van der Waals surface area contributed by atoms with Crippen LogP contribution in [0.4, 0.5) is 5.69 Å². The molecule has 0 bridgehead atoms. The molecule has 0 unspecified atom stereocenters. The average Bonchev–Trinajstić information content (AvgIpc) is 2.98. The zero-order valence-corrected chi connectivity index (χ0v) is 18.0. The van der Waals surface area contributed by atoms with Gasteiger partial charge in [-0.05, 0) is 36.4 Å². The Labute approximate surface area is 172 Å². The highest BCUT2D eigenvalue weighted by Gasteiger charge is 2.22. The fourth-order valence-corrected chi connectivity index (χ4v) is 4.86. The molecule has 1 heterocycles. The van der Waals surface area contributed by atoms with Gasteiger partial charge < -0.3 is 4.57 Å². The molecule has 142 valence electrons. The van der Waals surface area contributed by atoms with Gasteiger partial charge in [0.1, 0.15) is 4.90 Å². The maximum atomic E-state index is 12.5. The molecule has 0 atom stereocenters. The number of hydrogen-bond donors (Lipinski definition) is 0. The van der Waals surface area contributed by atoms with Crippen LogP contribution in [0.15, 0.2) is 57.7 Å². The van der Waals surface area contributed by atoms with E-state index in [0.29, 0.717) is 5.02 Å². The minimum absolute atomic E-state index is 0.0778. The van der Waals surface area contributed by atoms with Crippen LogP contribution >= 0.6 is 34.5 Å². The zero-order valence-electron chi connectivity index (χ0n) is 14.8. The molecular formula is C18H17Cl2N3O2S2. The maximum Gasteiger partial charge on any atom is 0.244 e. The highest BCUT2D eigenvalue weighted by Crippen LogP contribution is 2.29. The highest BCUT2D eigenvalue weighted by atomic mass is 35.5. The lowest BCUT2D eigenvalue weighted by Crippen LogP contribution is -2.22. The number of sulfonamides is 1. The molecule has 0 fully saturated rings. The van der Waals surface area contributed by atoms with Crippen molar-refractivity contribution >= 4 is 50.2 Å². The summed E-state index contributed by atoms with van der Waals surface area (Å²) in [6.45, 7) is 0. The Morgan fingerprint density at radius 3 is 2.37 bits per heavy atom. The van der Waals surface area contributed by atoms with Crippen LogP contribution in [0.2, 0.25) is 10.0 Å². The lowest BCUT2D eigenvalue weighted by molar-refractivity contribution is 0.521. The molecule has 3 aromatic rings. The summed E-state index contributed by atoms with van der Waals surface area (Å²) < 4.78 is 28.1. The van der Waals surface area contributed by atoms with E-state index in [0.717, 1.165) is 26.1 Å². The van der Waals surface area contributed by atoms with E-state index >= 15 is 0 Å². The first-order valence-electron chi connectivity index (χ1n) is 7.87. The van der Waals surface area contributed by atoms with Crippen LogP contribution in [0.1, 0.15) is 0 Å². The minimum Gasteiger partial charge on any atom is -0.320 e. The third kappa shape index (κ3) is 4.12. The van der Waals surface area contributed by atoms with Crippen molar-refractivity contribution in [1.82, 2.24) is 8.87 Å². The SMILES string of the molecule is CN(C)S(=O)(=O)c1cc(-c2csc(=Nc3ccc(Cl)cc3)n2C)ccc1Cl. The molecule has 0 aliphatic carbocycles. The second kappa shape index (κ2) is 7.77. The van der Waals surface area contributed by atoms with Gasteiger partial charge >= 0.3 is 0 Å². The summed E-state index contributed by atoms with van der Waals surface area (Å²) in [7, 11) is 1.20. The molecule has 9 heteroatoms. The molecule has 2 aromatic carbocycles. The van der Waals surface area contributed by atoms with Gasteiger partial charge in [-0.2, -0.15) is 0 Å². The van der Waals surface area contributed by atoms with Crippen molar-refractivity contribution in [3.05, 3.63) is 62.7 Å². The molecule has 0 aliphatic rings. The fourth-order valence-electron chi connectivity index (χ4n) is 2.42. The highest BCUT2D eigenvalue weighted by molar-refractivity contribution is 7.89. The molecule has 0 saturated heterocycles. The summed E-state index contributed by atoms with van der Waals surface area (Å²) in [6, 6.07) is 12.2. The van der Waals surface area contributed by atoms with Crippen LogP contribution in [0.5, 0.6) is 0 Å². The number of aromatic nitrogens is 1. The molecule has 1 aromatic heterocycles. The molecule has 0 amide bonds. The lowest BCUT2D eigenvalue weighted by Gasteiger charge is -2.14. The minimum atomic E-state index is -3.64. The summed E-state index contributed by atoms with van der Waals surface area (Å²) in [4.78, 5) is 5.47. The molecule has 0 saturated carbocycles. The Kier molecular flexibility index (Phi) is 5.79. The van der Waals surface area contributed by atoms with Crippen molar-refractivity contribution in [3.8, 4) is 11.3 Å². The van der Waals surface area contributed by atoms with Gasteiger partial charge in [0.05, 0.1) is 16.4 Å². The number of thiazole rings is 1. The summed E-state index contributed by atoms with van der Waals surface area (Å²) >= 11 is 13.5. The van der Waals surface area contributed by atoms with Crippen molar-refractivity contribution < 1.29 is 8.42 Å². The van der Waals surface area contributed by atoms with Gasteiger partial charge in [0.25, 0.3) is 0 Å².